The van der Waals surface area contributed by atoms with Crippen LogP contribution in [-0.2, 0) is 5.41 Å². The van der Waals surface area contributed by atoms with Gasteiger partial charge in [0.15, 0.2) is 0 Å². The summed E-state index contributed by atoms with van der Waals surface area (Å²) in [5, 5.41) is 11.2. The molecule has 0 aliphatic heterocycles. The SMILES string of the molecule is CSc1ccc(-c2ccc3ncc4ccc(=O)n(-c5ccc(C(C)(C)C#N)cc5)c4c3n2)cn1. The average Bonchev–Trinajstić information content (AvgIpc) is 2.88. The number of rotatable bonds is 4. The van der Waals surface area contributed by atoms with E-state index in [9.17, 15) is 10.1 Å². The van der Waals surface area contributed by atoms with Gasteiger partial charge in [-0.15, -0.1) is 11.8 Å². The minimum Gasteiger partial charge on any atom is -0.275 e. The fourth-order valence-electron chi connectivity index (χ4n) is 3.93. The van der Waals surface area contributed by atoms with Crippen molar-refractivity contribution >= 4 is 33.7 Å². The Morgan fingerprint density at radius 2 is 1.74 bits per heavy atom. The summed E-state index contributed by atoms with van der Waals surface area (Å²) in [6.07, 6.45) is 5.56. The summed E-state index contributed by atoms with van der Waals surface area (Å²) in [7, 11) is 0. The maximum atomic E-state index is 13.1. The molecule has 0 N–H and O–H groups in total. The number of hydrogen-bond donors (Lipinski definition) is 0. The molecule has 0 amide bonds. The van der Waals surface area contributed by atoms with E-state index in [1.165, 1.54) is 6.07 Å². The predicted molar refractivity (Wildman–Crippen MR) is 136 cm³/mol. The summed E-state index contributed by atoms with van der Waals surface area (Å²) in [5.74, 6) is 0. The Balaban J connectivity index is 1.75. The van der Waals surface area contributed by atoms with E-state index in [0.717, 1.165) is 27.2 Å². The molecule has 166 valence electrons. The molecular formula is C27H21N5OS. The lowest BCUT2D eigenvalue weighted by Crippen LogP contribution is -2.19. The maximum absolute atomic E-state index is 13.1. The molecule has 4 aromatic heterocycles. The molecule has 6 nitrogen and oxygen atoms in total. The van der Waals surface area contributed by atoms with Gasteiger partial charge >= 0.3 is 0 Å². The van der Waals surface area contributed by atoms with Crippen LogP contribution in [0.4, 0.5) is 0 Å². The van der Waals surface area contributed by atoms with Gasteiger partial charge in [-0.2, -0.15) is 5.26 Å². The highest BCUT2D eigenvalue weighted by Gasteiger charge is 2.20. The minimum atomic E-state index is -0.616. The number of fused-ring (bicyclic) bond motifs is 3. The van der Waals surface area contributed by atoms with E-state index in [4.69, 9.17) is 4.98 Å². The summed E-state index contributed by atoms with van der Waals surface area (Å²) in [4.78, 5) is 27.0. The van der Waals surface area contributed by atoms with Crippen molar-refractivity contribution in [3.8, 4) is 23.0 Å². The van der Waals surface area contributed by atoms with Gasteiger partial charge < -0.3 is 0 Å². The lowest BCUT2D eigenvalue weighted by molar-refractivity contribution is 0.686. The summed E-state index contributed by atoms with van der Waals surface area (Å²) in [6.45, 7) is 3.74. The van der Waals surface area contributed by atoms with E-state index >= 15 is 0 Å². The van der Waals surface area contributed by atoms with Gasteiger partial charge in [-0.25, -0.2) is 9.97 Å². The third-order valence-electron chi connectivity index (χ3n) is 5.93. The van der Waals surface area contributed by atoms with Crippen molar-refractivity contribution in [2.24, 2.45) is 0 Å². The lowest BCUT2D eigenvalue weighted by atomic mass is 9.86. The number of hydrogen-bond acceptors (Lipinski definition) is 6. The molecule has 0 saturated carbocycles. The first-order valence-corrected chi connectivity index (χ1v) is 12.0. The van der Waals surface area contributed by atoms with Crippen molar-refractivity contribution in [3.63, 3.8) is 0 Å². The molecule has 0 aliphatic carbocycles. The number of benzene rings is 1. The largest absolute Gasteiger partial charge is 0.275 e. The average molecular weight is 464 g/mol. The number of nitrogens with zero attached hydrogens (tertiary/aromatic N) is 5. The number of aromatic nitrogens is 4. The third kappa shape index (κ3) is 3.72. The topological polar surface area (TPSA) is 84.5 Å². The van der Waals surface area contributed by atoms with Crippen molar-refractivity contribution in [2.75, 3.05) is 6.26 Å². The minimum absolute atomic E-state index is 0.162. The molecule has 0 spiro atoms. The second kappa shape index (κ2) is 8.40. The Kier molecular flexibility index (Phi) is 5.39. The van der Waals surface area contributed by atoms with E-state index in [-0.39, 0.29) is 5.56 Å². The summed E-state index contributed by atoms with van der Waals surface area (Å²) in [6, 6.07) is 21.0. The molecule has 5 aromatic rings. The standard InChI is InChI=1S/C27H21N5OS/c1-27(2,16-28)19-6-8-20(9-7-19)32-24(33)13-5-18-15-29-22-11-10-21(31-25(22)26(18)32)17-4-12-23(34-3)30-14-17/h4-15H,1-3H3. The molecule has 4 heterocycles. The third-order valence-corrected chi connectivity index (χ3v) is 6.59. The molecule has 0 aliphatic rings. The highest BCUT2D eigenvalue weighted by molar-refractivity contribution is 7.98. The Morgan fingerprint density at radius 3 is 2.41 bits per heavy atom. The van der Waals surface area contributed by atoms with E-state index in [1.807, 2.05) is 68.6 Å². The highest BCUT2D eigenvalue weighted by Crippen LogP contribution is 2.28. The van der Waals surface area contributed by atoms with Crippen LogP contribution >= 0.6 is 11.8 Å². The van der Waals surface area contributed by atoms with Crippen LogP contribution in [0.25, 0.3) is 38.9 Å². The molecule has 1 aromatic carbocycles. The van der Waals surface area contributed by atoms with E-state index in [2.05, 4.69) is 16.0 Å². The van der Waals surface area contributed by atoms with Crippen LogP contribution in [0.1, 0.15) is 19.4 Å². The molecule has 0 bridgehead atoms. The van der Waals surface area contributed by atoms with Crippen molar-refractivity contribution in [1.82, 2.24) is 19.5 Å². The molecular weight excluding hydrogens is 442 g/mol. The van der Waals surface area contributed by atoms with Crippen LogP contribution < -0.4 is 5.56 Å². The number of nitriles is 1. The van der Waals surface area contributed by atoms with Gasteiger partial charge in [0, 0.05) is 35.1 Å². The van der Waals surface area contributed by atoms with Gasteiger partial charge in [0.2, 0.25) is 0 Å². The lowest BCUT2D eigenvalue weighted by Gasteiger charge is -2.17. The van der Waals surface area contributed by atoms with Crippen molar-refractivity contribution in [3.05, 3.63) is 89.0 Å². The van der Waals surface area contributed by atoms with Gasteiger partial charge in [0.1, 0.15) is 5.52 Å². The van der Waals surface area contributed by atoms with Crippen LogP contribution in [0, 0.1) is 11.3 Å². The first-order valence-electron chi connectivity index (χ1n) is 10.8. The van der Waals surface area contributed by atoms with E-state index in [1.54, 1.807) is 34.8 Å². The van der Waals surface area contributed by atoms with Gasteiger partial charge in [-0.1, -0.05) is 12.1 Å². The van der Waals surface area contributed by atoms with Gasteiger partial charge in [-0.3, -0.25) is 14.3 Å². The molecule has 0 saturated heterocycles. The summed E-state index contributed by atoms with van der Waals surface area (Å²) in [5.41, 5.74) is 4.51. The Labute approximate surface area is 200 Å². The smallest absolute Gasteiger partial charge is 0.255 e. The van der Waals surface area contributed by atoms with Gasteiger partial charge in [0.05, 0.1) is 33.2 Å². The van der Waals surface area contributed by atoms with Crippen LogP contribution in [0.15, 0.2) is 82.9 Å². The fourth-order valence-corrected chi connectivity index (χ4v) is 4.29. The molecule has 0 atom stereocenters. The second-order valence-electron chi connectivity index (χ2n) is 8.51. The Bertz CT molecular complexity index is 1630. The summed E-state index contributed by atoms with van der Waals surface area (Å²) < 4.78 is 1.66. The van der Waals surface area contributed by atoms with Gasteiger partial charge in [-0.05, 0) is 68.1 Å². The monoisotopic (exact) mass is 463 g/mol. The zero-order valence-electron chi connectivity index (χ0n) is 19.0. The zero-order chi connectivity index (χ0) is 23.9. The first-order chi connectivity index (χ1) is 16.4. The molecule has 0 radical (unpaired) electrons. The zero-order valence-corrected chi connectivity index (χ0v) is 19.8. The van der Waals surface area contributed by atoms with Gasteiger partial charge in [0.25, 0.3) is 5.56 Å². The van der Waals surface area contributed by atoms with Crippen LogP contribution in [0.3, 0.4) is 0 Å². The van der Waals surface area contributed by atoms with Crippen LogP contribution in [-0.4, -0.2) is 25.8 Å². The Morgan fingerprint density at radius 1 is 0.941 bits per heavy atom. The van der Waals surface area contributed by atoms with E-state index < -0.39 is 5.41 Å². The quantitative estimate of drug-likeness (QED) is 0.258. The molecule has 0 unspecified atom stereocenters. The highest BCUT2D eigenvalue weighted by atomic mass is 32.2. The Hall–Kier alpha value is -4.02. The van der Waals surface area contributed by atoms with Crippen molar-refractivity contribution in [1.29, 1.82) is 5.26 Å². The first kappa shape index (κ1) is 21.8. The van der Waals surface area contributed by atoms with Crippen LogP contribution in [0.5, 0.6) is 0 Å². The molecule has 34 heavy (non-hydrogen) atoms. The fraction of sp³-hybridized carbons (Fsp3) is 0.148. The molecule has 7 heteroatoms. The maximum Gasteiger partial charge on any atom is 0.255 e. The summed E-state index contributed by atoms with van der Waals surface area (Å²) >= 11 is 1.58. The predicted octanol–water partition coefficient (Wildman–Crippen LogP) is 5.52. The van der Waals surface area contributed by atoms with E-state index in [0.29, 0.717) is 22.2 Å². The van der Waals surface area contributed by atoms with Crippen molar-refractivity contribution < 1.29 is 0 Å². The normalized spacial score (nSPS) is 11.6. The number of pyridine rings is 4. The second-order valence-corrected chi connectivity index (χ2v) is 9.33. The molecule has 5 rings (SSSR count). The number of thioether (sulfide) groups is 1. The molecule has 0 fully saturated rings. The van der Waals surface area contributed by atoms with Crippen molar-refractivity contribution in [2.45, 2.75) is 24.3 Å². The van der Waals surface area contributed by atoms with Crippen LogP contribution in [0.2, 0.25) is 0 Å².